The molecule has 1 unspecified atom stereocenters. The highest BCUT2D eigenvalue weighted by atomic mass is 79.9. The molecule has 1 atom stereocenters. The summed E-state index contributed by atoms with van der Waals surface area (Å²) in [7, 11) is 1.90. The van der Waals surface area contributed by atoms with Crippen LogP contribution in [0.1, 0.15) is 24.1 Å². The molecule has 2 aromatic carbocycles. The minimum Gasteiger partial charge on any atom is -0.489 e. The van der Waals surface area contributed by atoms with Gasteiger partial charge in [0.2, 0.25) is 0 Å². The van der Waals surface area contributed by atoms with Gasteiger partial charge in [-0.15, -0.1) is 0 Å². The van der Waals surface area contributed by atoms with Crippen molar-refractivity contribution in [1.82, 2.24) is 5.32 Å². The van der Waals surface area contributed by atoms with E-state index in [2.05, 4.69) is 28.2 Å². The molecule has 1 N–H and O–H groups in total. The molecule has 0 heterocycles. The Labute approximate surface area is 143 Å². The van der Waals surface area contributed by atoms with Gasteiger partial charge in [0.1, 0.15) is 12.4 Å². The van der Waals surface area contributed by atoms with Crippen LogP contribution in [0, 0.1) is 0 Å². The average molecular weight is 389 g/mol. The third-order valence-electron chi connectivity index (χ3n) is 3.27. The molecule has 0 radical (unpaired) electrons. The second-order valence-electron chi connectivity index (χ2n) is 4.72. The van der Waals surface area contributed by atoms with Crippen LogP contribution in [0.25, 0.3) is 0 Å². The molecule has 2 nitrogen and oxygen atoms in total. The maximum absolute atomic E-state index is 6.21. The lowest BCUT2D eigenvalue weighted by Crippen LogP contribution is -2.13. The first-order valence-electron chi connectivity index (χ1n) is 6.54. The van der Waals surface area contributed by atoms with Gasteiger partial charge in [0.05, 0.1) is 0 Å². The predicted octanol–water partition coefficient (Wildman–Crippen LogP) is 5.62. The fraction of sp³-hybridized carbons (Fsp3) is 0.250. The van der Waals surface area contributed by atoms with Crippen molar-refractivity contribution in [1.29, 1.82) is 0 Å². The summed E-state index contributed by atoms with van der Waals surface area (Å²) < 4.78 is 6.87. The fourth-order valence-corrected chi connectivity index (χ4v) is 2.85. The lowest BCUT2D eigenvalue weighted by molar-refractivity contribution is 0.300. The average Bonchev–Trinajstić information content (AvgIpc) is 2.46. The molecule has 0 saturated carbocycles. The highest BCUT2D eigenvalue weighted by molar-refractivity contribution is 9.10. The summed E-state index contributed by atoms with van der Waals surface area (Å²) in [6, 6.07) is 11.5. The molecule has 0 aliphatic heterocycles. The molecular formula is C16H16BrCl2NO. The molecule has 0 bridgehead atoms. The molecule has 0 aromatic heterocycles. The summed E-state index contributed by atoms with van der Waals surface area (Å²) in [6.45, 7) is 2.47. The van der Waals surface area contributed by atoms with Crippen molar-refractivity contribution in [2.24, 2.45) is 0 Å². The molecule has 2 aromatic rings. The SMILES string of the molecule is CNC(C)c1cc(Cl)ccc1OCc1ccc(Br)cc1Cl. The zero-order valence-corrected chi connectivity index (χ0v) is 14.9. The molecule has 0 fully saturated rings. The zero-order valence-electron chi connectivity index (χ0n) is 11.8. The minimum absolute atomic E-state index is 0.152. The zero-order chi connectivity index (χ0) is 15.4. The van der Waals surface area contributed by atoms with Crippen molar-refractivity contribution in [3.05, 3.63) is 62.0 Å². The van der Waals surface area contributed by atoms with Crippen molar-refractivity contribution in [2.45, 2.75) is 19.6 Å². The van der Waals surface area contributed by atoms with Gasteiger partial charge in [-0.05, 0) is 44.3 Å². The standard InChI is InChI=1S/C16H16BrCl2NO/c1-10(20-2)14-8-13(18)5-6-16(14)21-9-11-3-4-12(17)7-15(11)19/h3-8,10,20H,9H2,1-2H3. The Morgan fingerprint density at radius 2 is 1.95 bits per heavy atom. The topological polar surface area (TPSA) is 21.3 Å². The fourth-order valence-electron chi connectivity index (χ4n) is 1.94. The molecule has 0 spiro atoms. The smallest absolute Gasteiger partial charge is 0.124 e. The summed E-state index contributed by atoms with van der Waals surface area (Å²) in [6.07, 6.45) is 0. The van der Waals surface area contributed by atoms with Crippen molar-refractivity contribution >= 4 is 39.1 Å². The molecule has 2 rings (SSSR count). The molecule has 112 valence electrons. The Hall–Kier alpha value is -0.740. The summed E-state index contributed by atoms with van der Waals surface area (Å²) in [5.41, 5.74) is 1.97. The van der Waals surface area contributed by atoms with Crippen LogP contribution < -0.4 is 10.1 Å². The number of rotatable bonds is 5. The first kappa shape index (κ1) is 16.6. The summed E-state index contributed by atoms with van der Waals surface area (Å²) in [4.78, 5) is 0. The summed E-state index contributed by atoms with van der Waals surface area (Å²) in [5.74, 6) is 0.806. The Bertz CT molecular complexity index is 634. The van der Waals surface area contributed by atoms with Gasteiger partial charge in [-0.2, -0.15) is 0 Å². The Kier molecular flexibility index (Phi) is 5.94. The third kappa shape index (κ3) is 4.36. The van der Waals surface area contributed by atoms with Crippen molar-refractivity contribution in [3.8, 4) is 5.75 Å². The molecule has 0 aliphatic carbocycles. The minimum atomic E-state index is 0.152. The number of hydrogen-bond acceptors (Lipinski definition) is 2. The molecule has 21 heavy (non-hydrogen) atoms. The van der Waals surface area contributed by atoms with Crippen LogP contribution in [0.15, 0.2) is 40.9 Å². The van der Waals surface area contributed by atoms with Gasteiger partial charge in [0, 0.05) is 31.7 Å². The van der Waals surface area contributed by atoms with E-state index in [-0.39, 0.29) is 6.04 Å². The van der Waals surface area contributed by atoms with E-state index in [9.17, 15) is 0 Å². The van der Waals surface area contributed by atoms with Crippen LogP contribution in [0.5, 0.6) is 5.75 Å². The van der Waals surface area contributed by atoms with Crippen LogP contribution in [0.2, 0.25) is 10.0 Å². The van der Waals surface area contributed by atoms with E-state index in [1.54, 1.807) is 0 Å². The Morgan fingerprint density at radius 3 is 2.62 bits per heavy atom. The maximum Gasteiger partial charge on any atom is 0.124 e. The van der Waals surface area contributed by atoms with Gasteiger partial charge >= 0.3 is 0 Å². The maximum atomic E-state index is 6.21. The number of benzene rings is 2. The first-order valence-corrected chi connectivity index (χ1v) is 8.09. The van der Waals surface area contributed by atoms with Crippen LogP contribution >= 0.6 is 39.1 Å². The first-order chi connectivity index (χ1) is 10.0. The Morgan fingerprint density at radius 1 is 1.19 bits per heavy atom. The lowest BCUT2D eigenvalue weighted by Gasteiger charge is -2.17. The second kappa shape index (κ2) is 7.50. The molecule has 0 saturated heterocycles. The second-order valence-corrected chi connectivity index (χ2v) is 6.48. The van der Waals surface area contributed by atoms with Crippen molar-refractivity contribution in [3.63, 3.8) is 0 Å². The molecule has 0 amide bonds. The largest absolute Gasteiger partial charge is 0.489 e. The third-order valence-corrected chi connectivity index (χ3v) is 4.35. The van der Waals surface area contributed by atoms with E-state index in [1.165, 1.54) is 0 Å². The van der Waals surface area contributed by atoms with Gasteiger partial charge < -0.3 is 10.1 Å². The number of hydrogen-bond donors (Lipinski definition) is 1. The lowest BCUT2D eigenvalue weighted by atomic mass is 10.1. The van der Waals surface area contributed by atoms with Crippen LogP contribution in [-0.2, 0) is 6.61 Å². The molecule has 5 heteroatoms. The van der Waals surface area contributed by atoms with Crippen LogP contribution in [-0.4, -0.2) is 7.05 Å². The predicted molar refractivity (Wildman–Crippen MR) is 92.4 cm³/mol. The van der Waals surface area contributed by atoms with E-state index in [0.717, 1.165) is 21.3 Å². The summed E-state index contributed by atoms with van der Waals surface area (Å²) in [5, 5.41) is 4.57. The molecule has 0 aliphatic rings. The van der Waals surface area contributed by atoms with Gasteiger partial charge in [-0.3, -0.25) is 0 Å². The molecular weight excluding hydrogens is 373 g/mol. The van der Waals surface area contributed by atoms with Gasteiger partial charge in [0.25, 0.3) is 0 Å². The quantitative estimate of drug-likeness (QED) is 0.718. The van der Waals surface area contributed by atoms with E-state index in [4.69, 9.17) is 27.9 Å². The highest BCUT2D eigenvalue weighted by Crippen LogP contribution is 2.30. The highest BCUT2D eigenvalue weighted by Gasteiger charge is 2.12. The Balaban J connectivity index is 2.19. The van der Waals surface area contributed by atoms with Crippen LogP contribution in [0.4, 0.5) is 0 Å². The van der Waals surface area contributed by atoms with Gasteiger partial charge in [-0.1, -0.05) is 45.2 Å². The van der Waals surface area contributed by atoms with E-state index in [0.29, 0.717) is 16.7 Å². The van der Waals surface area contributed by atoms with E-state index >= 15 is 0 Å². The number of nitrogens with one attached hydrogen (secondary N) is 1. The van der Waals surface area contributed by atoms with Gasteiger partial charge in [-0.25, -0.2) is 0 Å². The number of halogens is 3. The van der Waals surface area contributed by atoms with Crippen molar-refractivity contribution < 1.29 is 4.74 Å². The summed E-state index contributed by atoms with van der Waals surface area (Å²) >= 11 is 15.7. The normalized spacial score (nSPS) is 12.2. The van der Waals surface area contributed by atoms with Crippen LogP contribution in [0.3, 0.4) is 0 Å². The monoisotopic (exact) mass is 387 g/mol. The van der Waals surface area contributed by atoms with E-state index < -0.39 is 0 Å². The van der Waals surface area contributed by atoms with E-state index in [1.807, 2.05) is 43.4 Å². The van der Waals surface area contributed by atoms with Crippen molar-refractivity contribution in [2.75, 3.05) is 7.05 Å². The van der Waals surface area contributed by atoms with Gasteiger partial charge in [0.15, 0.2) is 0 Å². The number of ether oxygens (including phenoxy) is 1.